The zero-order valence-corrected chi connectivity index (χ0v) is 11.8. The second-order valence-electron chi connectivity index (χ2n) is 3.58. The zero-order valence-electron chi connectivity index (χ0n) is 9.44. The molecule has 0 aliphatic carbocycles. The highest BCUT2D eigenvalue weighted by Crippen LogP contribution is 2.23. The van der Waals surface area contributed by atoms with Crippen LogP contribution in [-0.4, -0.2) is 11.0 Å². The maximum atomic E-state index is 11.6. The van der Waals surface area contributed by atoms with Gasteiger partial charge in [-0.05, 0) is 24.6 Å². The van der Waals surface area contributed by atoms with Crippen molar-refractivity contribution in [2.45, 2.75) is 13.5 Å². The lowest BCUT2D eigenvalue weighted by molar-refractivity contribution is 0.0466. The Kier molecular flexibility index (Phi) is 4.22. The van der Waals surface area contributed by atoms with Gasteiger partial charge in [0.2, 0.25) is 0 Å². The first kappa shape index (κ1) is 13.3. The van der Waals surface area contributed by atoms with Crippen LogP contribution in [0.25, 0.3) is 0 Å². The molecular formula is C12H9Cl2NO2S. The van der Waals surface area contributed by atoms with Crippen molar-refractivity contribution in [3.63, 3.8) is 0 Å². The summed E-state index contributed by atoms with van der Waals surface area (Å²) in [6.45, 7) is 1.98. The fourth-order valence-corrected chi connectivity index (χ4v) is 2.21. The number of benzene rings is 1. The number of aryl methyl sites for hydroxylation is 1. The normalized spacial score (nSPS) is 10.4. The van der Waals surface area contributed by atoms with Crippen molar-refractivity contribution in [3.05, 3.63) is 49.9 Å². The van der Waals surface area contributed by atoms with Gasteiger partial charge in [0, 0.05) is 5.38 Å². The van der Waals surface area contributed by atoms with Crippen LogP contribution in [-0.2, 0) is 11.3 Å². The van der Waals surface area contributed by atoms with Gasteiger partial charge < -0.3 is 4.74 Å². The number of thiazole rings is 1. The third-order valence-electron chi connectivity index (χ3n) is 2.18. The maximum Gasteiger partial charge on any atom is 0.358 e. The zero-order chi connectivity index (χ0) is 13.1. The Bertz CT molecular complexity index is 583. The van der Waals surface area contributed by atoms with E-state index in [1.165, 1.54) is 11.3 Å². The number of halogens is 2. The van der Waals surface area contributed by atoms with E-state index in [1.807, 2.05) is 6.92 Å². The number of nitrogens with zero attached hydrogens (tertiary/aromatic N) is 1. The molecule has 94 valence electrons. The number of ether oxygens (including phenoxy) is 1. The molecule has 0 N–H and O–H groups in total. The Morgan fingerprint density at radius 1 is 1.39 bits per heavy atom. The van der Waals surface area contributed by atoms with Gasteiger partial charge in [0.05, 0.1) is 15.1 Å². The van der Waals surface area contributed by atoms with Crippen LogP contribution in [0.15, 0.2) is 23.6 Å². The quantitative estimate of drug-likeness (QED) is 0.801. The average Bonchev–Trinajstić information content (AvgIpc) is 2.77. The molecule has 1 aromatic carbocycles. The van der Waals surface area contributed by atoms with E-state index in [1.54, 1.807) is 23.6 Å². The number of carbonyl (C=O) groups excluding carboxylic acids is 1. The van der Waals surface area contributed by atoms with E-state index in [4.69, 9.17) is 27.9 Å². The third kappa shape index (κ3) is 3.22. The summed E-state index contributed by atoms with van der Waals surface area (Å²) in [4.78, 5) is 15.7. The topological polar surface area (TPSA) is 39.2 Å². The molecule has 2 aromatic rings. The van der Waals surface area contributed by atoms with Gasteiger partial charge in [-0.25, -0.2) is 9.78 Å². The molecule has 18 heavy (non-hydrogen) atoms. The molecule has 1 heterocycles. The summed E-state index contributed by atoms with van der Waals surface area (Å²) < 4.78 is 5.13. The summed E-state index contributed by atoms with van der Waals surface area (Å²) in [5, 5.41) is 3.42. The third-order valence-corrected chi connectivity index (χ3v) is 3.69. The molecule has 0 fully saturated rings. The molecule has 0 aliphatic heterocycles. The van der Waals surface area contributed by atoms with Crippen LogP contribution >= 0.6 is 34.5 Å². The van der Waals surface area contributed by atoms with Crippen LogP contribution in [0.5, 0.6) is 0 Å². The SMILES string of the molecule is Cc1nc(C(=O)OCc2ccc(Cl)c(Cl)c2)cs1. The lowest BCUT2D eigenvalue weighted by Crippen LogP contribution is -2.05. The highest BCUT2D eigenvalue weighted by molar-refractivity contribution is 7.09. The van der Waals surface area contributed by atoms with E-state index in [-0.39, 0.29) is 6.61 Å². The second kappa shape index (κ2) is 5.69. The molecule has 0 amide bonds. The van der Waals surface area contributed by atoms with Crippen molar-refractivity contribution in [3.8, 4) is 0 Å². The molecule has 0 saturated heterocycles. The highest BCUT2D eigenvalue weighted by atomic mass is 35.5. The average molecular weight is 302 g/mol. The van der Waals surface area contributed by atoms with Gasteiger partial charge in [-0.3, -0.25) is 0 Å². The summed E-state index contributed by atoms with van der Waals surface area (Å²) in [5.74, 6) is -0.439. The maximum absolute atomic E-state index is 11.6. The second-order valence-corrected chi connectivity index (χ2v) is 5.45. The number of rotatable bonds is 3. The highest BCUT2D eigenvalue weighted by Gasteiger charge is 2.11. The van der Waals surface area contributed by atoms with Crippen molar-refractivity contribution in [1.29, 1.82) is 0 Å². The van der Waals surface area contributed by atoms with E-state index >= 15 is 0 Å². The van der Waals surface area contributed by atoms with E-state index in [2.05, 4.69) is 4.98 Å². The Balaban J connectivity index is 1.99. The first-order valence-corrected chi connectivity index (χ1v) is 6.73. The van der Waals surface area contributed by atoms with Crippen molar-refractivity contribution in [1.82, 2.24) is 4.98 Å². The van der Waals surface area contributed by atoms with Crippen LogP contribution in [0.2, 0.25) is 10.0 Å². The van der Waals surface area contributed by atoms with Gasteiger partial charge in [0.25, 0.3) is 0 Å². The predicted octanol–water partition coefficient (Wildman–Crippen LogP) is 4.12. The molecule has 0 saturated carbocycles. The predicted molar refractivity (Wildman–Crippen MR) is 72.4 cm³/mol. The fraction of sp³-hybridized carbons (Fsp3) is 0.167. The first-order chi connectivity index (χ1) is 8.56. The molecule has 0 unspecified atom stereocenters. The minimum atomic E-state index is -0.439. The Hall–Kier alpha value is -1.10. The minimum absolute atomic E-state index is 0.145. The van der Waals surface area contributed by atoms with Gasteiger partial charge in [-0.2, -0.15) is 0 Å². The van der Waals surface area contributed by atoms with Crippen LogP contribution in [0.3, 0.4) is 0 Å². The lowest BCUT2D eigenvalue weighted by Gasteiger charge is -2.04. The standard InChI is InChI=1S/C12H9Cl2NO2S/c1-7-15-11(6-18-7)12(16)17-5-8-2-3-9(13)10(14)4-8/h2-4,6H,5H2,1H3. The molecule has 0 aliphatic rings. The first-order valence-electron chi connectivity index (χ1n) is 5.09. The number of carbonyl (C=O) groups is 1. The number of hydrogen-bond acceptors (Lipinski definition) is 4. The van der Waals surface area contributed by atoms with E-state index in [0.717, 1.165) is 10.6 Å². The molecule has 0 atom stereocenters. The van der Waals surface area contributed by atoms with Crippen molar-refractivity contribution >= 4 is 40.5 Å². The summed E-state index contributed by atoms with van der Waals surface area (Å²) in [6.07, 6.45) is 0. The van der Waals surface area contributed by atoms with Gasteiger partial charge in [-0.15, -0.1) is 11.3 Å². The van der Waals surface area contributed by atoms with Gasteiger partial charge in [0.1, 0.15) is 6.61 Å². The van der Waals surface area contributed by atoms with Crippen molar-refractivity contribution in [2.24, 2.45) is 0 Å². The minimum Gasteiger partial charge on any atom is -0.456 e. The molecule has 0 bridgehead atoms. The fourth-order valence-electron chi connectivity index (χ4n) is 1.31. The monoisotopic (exact) mass is 301 g/mol. The number of aromatic nitrogens is 1. The molecule has 2 rings (SSSR count). The Morgan fingerprint density at radius 3 is 2.78 bits per heavy atom. The van der Waals surface area contributed by atoms with Crippen LogP contribution < -0.4 is 0 Å². The van der Waals surface area contributed by atoms with Crippen LogP contribution in [0.4, 0.5) is 0 Å². The molecule has 3 nitrogen and oxygen atoms in total. The summed E-state index contributed by atoms with van der Waals surface area (Å²) in [6, 6.07) is 5.09. The smallest absolute Gasteiger partial charge is 0.358 e. The summed E-state index contributed by atoms with van der Waals surface area (Å²) in [5.41, 5.74) is 1.11. The molecule has 0 spiro atoms. The Labute approximate surface area is 118 Å². The number of esters is 1. The number of hydrogen-bond donors (Lipinski definition) is 0. The summed E-state index contributed by atoms with van der Waals surface area (Å²) in [7, 11) is 0. The van der Waals surface area contributed by atoms with Gasteiger partial charge in [0.15, 0.2) is 5.69 Å². The van der Waals surface area contributed by atoms with Crippen molar-refractivity contribution < 1.29 is 9.53 Å². The van der Waals surface area contributed by atoms with E-state index < -0.39 is 5.97 Å². The molecule has 6 heteroatoms. The lowest BCUT2D eigenvalue weighted by atomic mass is 10.2. The van der Waals surface area contributed by atoms with Gasteiger partial charge in [-0.1, -0.05) is 29.3 Å². The molecule has 0 radical (unpaired) electrons. The molecular weight excluding hydrogens is 293 g/mol. The van der Waals surface area contributed by atoms with Crippen LogP contribution in [0, 0.1) is 6.92 Å². The summed E-state index contributed by atoms with van der Waals surface area (Å²) >= 11 is 13.1. The van der Waals surface area contributed by atoms with E-state index in [0.29, 0.717) is 15.7 Å². The molecule has 1 aromatic heterocycles. The van der Waals surface area contributed by atoms with Crippen molar-refractivity contribution in [2.75, 3.05) is 0 Å². The van der Waals surface area contributed by atoms with Crippen LogP contribution in [0.1, 0.15) is 21.1 Å². The van der Waals surface area contributed by atoms with Gasteiger partial charge >= 0.3 is 5.97 Å². The Morgan fingerprint density at radius 2 is 2.17 bits per heavy atom. The van der Waals surface area contributed by atoms with E-state index in [9.17, 15) is 4.79 Å². The largest absolute Gasteiger partial charge is 0.456 e.